The summed E-state index contributed by atoms with van der Waals surface area (Å²) >= 11 is 3.40. The summed E-state index contributed by atoms with van der Waals surface area (Å²) in [5, 5.41) is 3.46. The Morgan fingerprint density at radius 3 is 3.06 bits per heavy atom. The molecule has 1 aliphatic heterocycles. The highest BCUT2D eigenvalue weighted by Gasteiger charge is 2.19. The van der Waals surface area contributed by atoms with E-state index in [4.69, 9.17) is 0 Å². The van der Waals surface area contributed by atoms with Gasteiger partial charge in [-0.15, -0.1) is 0 Å². The maximum Gasteiger partial charge on any atom is 0.158 e. The van der Waals surface area contributed by atoms with Crippen LogP contribution in [-0.4, -0.2) is 20.9 Å². The number of imidazole rings is 1. The Morgan fingerprint density at radius 1 is 1.44 bits per heavy atom. The Hall–Kier alpha value is -0.940. The molecule has 0 radical (unpaired) electrons. The van der Waals surface area contributed by atoms with Crippen LogP contribution in [0.1, 0.15) is 30.3 Å². The Kier molecular flexibility index (Phi) is 2.44. The summed E-state index contributed by atoms with van der Waals surface area (Å²) in [6.07, 6.45) is 6.46. The van der Waals surface area contributed by atoms with E-state index in [1.54, 1.807) is 0 Å². The van der Waals surface area contributed by atoms with E-state index in [1.807, 2.05) is 17.5 Å². The fraction of sp³-hybridized carbons (Fsp3) is 0.455. The van der Waals surface area contributed by atoms with Gasteiger partial charge in [-0.25, -0.2) is 9.97 Å². The lowest BCUT2D eigenvalue weighted by Gasteiger charge is -2.04. The Bertz CT molecular complexity index is 528. The molecule has 2 aromatic rings. The van der Waals surface area contributed by atoms with Gasteiger partial charge in [-0.2, -0.15) is 0 Å². The molecule has 0 unspecified atom stereocenters. The quantitative estimate of drug-likeness (QED) is 0.871. The second kappa shape index (κ2) is 3.82. The highest BCUT2D eigenvalue weighted by atomic mass is 79.9. The van der Waals surface area contributed by atoms with E-state index in [9.17, 15) is 0 Å². The molecule has 16 heavy (non-hydrogen) atoms. The average Bonchev–Trinajstić information content (AvgIpc) is 2.82. The molecular weight excluding hydrogens is 268 g/mol. The lowest BCUT2D eigenvalue weighted by molar-refractivity contribution is 0.632. The van der Waals surface area contributed by atoms with Crippen molar-refractivity contribution in [3.05, 3.63) is 28.4 Å². The molecule has 84 valence electrons. The summed E-state index contributed by atoms with van der Waals surface area (Å²) in [6, 6.07) is 0.415. The zero-order valence-corrected chi connectivity index (χ0v) is 10.7. The summed E-state index contributed by atoms with van der Waals surface area (Å²) in [6.45, 7) is 3.08. The van der Waals surface area contributed by atoms with E-state index >= 15 is 0 Å². The van der Waals surface area contributed by atoms with Crippen LogP contribution >= 0.6 is 15.9 Å². The van der Waals surface area contributed by atoms with Crippen molar-refractivity contribution in [1.29, 1.82) is 0 Å². The number of nitrogens with zero attached hydrogens (tertiary/aromatic N) is 3. The summed E-state index contributed by atoms with van der Waals surface area (Å²) in [5.41, 5.74) is 3.03. The number of rotatable bonds is 1. The van der Waals surface area contributed by atoms with Crippen molar-refractivity contribution >= 4 is 21.6 Å². The van der Waals surface area contributed by atoms with E-state index in [-0.39, 0.29) is 0 Å². The van der Waals surface area contributed by atoms with Gasteiger partial charge in [0.25, 0.3) is 0 Å². The first kappa shape index (κ1) is 10.2. The van der Waals surface area contributed by atoms with Gasteiger partial charge in [0.2, 0.25) is 0 Å². The van der Waals surface area contributed by atoms with Crippen molar-refractivity contribution in [3.63, 3.8) is 0 Å². The number of aromatic nitrogens is 3. The van der Waals surface area contributed by atoms with E-state index in [2.05, 4.69) is 37.4 Å². The Morgan fingerprint density at radius 2 is 2.31 bits per heavy atom. The van der Waals surface area contributed by atoms with Crippen molar-refractivity contribution < 1.29 is 0 Å². The van der Waals surface area contributed by atoms with Crippen LogP contribution in [0.25, 0.3) is 5.65 Å². The molecule has 1 atom stereocenters. The summed E-state index contributed by atoms with van der Waals surface area (Å²) in [7, 11) is 0. The second-order valence-corrected chi connectivity index (χ2v) is 5.01. The monoisotopic (exact) mass is 280 g/mol. The van der Waals surface area contributed by atoms with Gasteiger partial charge >= 0.3 is 0 Å². The first-order valence-electron chi connectivity index (χ1n) is 5.49. The van der Waals surface area contributed by atoms with E-state index in [0.717, 1.165) is 28.2 Å². The molecule has 0 bridgehead atoms. The molecule has 0 aliphatic carbocycles. The third kappa shape index (κ3) is 1.64. The maximum absolute atomic E-state index is 4.65. The van der Waals surface area contributed by atoms with Crippen LogP contribution in [0.3, 0.4) is 0 Å². The van der Waals surface area contributed by atoms with Crippen molar-refractivity contribution in [2.75, 3.05) is 6.54 Å². The van der Waals surface area contributed by atoms with Gasteiger partial charge in [-0.3, -0.25) is 0 Å². The smallest absolute Gasteiger partial charge is 0.158 e. The van der Waals surface area contributed by atoms with Crippen LogP contribution in [0.5, 0.6) is 0 Å². The minimum Gasteiger partial charge on any atom is -0.309 e. The van der Waals surface area contributed by atoms with Crippen molar-refractivity contribution in [2.45, 2.75) is 25.8 Å². The predicted molar refractivity (Wildman–Crippen MR) is 65.4 cm³/mol. The Balaban J connectivity index is 2.11. The zero-order chi connectivity index (χ0) is 11.1. The van der Waals surface area contributed by atoms with Crippen LogP contribution in [0.2, 0.25) is 0 Å². The number of nitrogens with one attached hydrogen (secondary N) is 1. The summed E-state index contributed by atoms with van der Waals surface area (Å²) in [5.74, 6) is 0. The van der Waals surface area contributed by atoms with Crippen molar-refractivity contribution in [2.24, 2.45) is 0 Å². The van der Waals surface area contributed by atoms with Gasteiger partial charge in [0, 0.05) is 12.4 Å². The van der Waals surface area contributed by atoms with Gasteiger partial charge in [-0.1, -0.05) is 0 Å². The lowest BCUT2D eigenvalue weighted by Crippen LogP contribution is -2.12. The fourth-order valence-corrected chi connectivity index (χ4v) is 2.72. The molecule has 2 aromatic heterocycles. The molecule has 1 N–H and O–H groups in total. The number of aryl methyl sites for hydroxylation is 1. The van der Waals surface area contributed by atoms with Gasteiger partial charge in [-0.05, 0) is 42.2 Å². The highest BCUT2D eigenvalue weighted by molar-refractivity contribution is 9.10. The Labute approximate surface area is 102 Å². The largest absolute Gasteiger partial charge is 0.309 e. The first-order valence-corrected chi connectivity index (χ1v) is 6.28. The standard InChI is InChI=1S/C11H13BrN4/c1-7-11-15-9(8-3-2-4-13-8)5-16(11)6-10(12)14-7/h5-6,8,13H,2-4H2,1H3/t8-/m1/s1. The van der Waals surface area contributed by atoms with Crippen LogP contribution in [0.4, 0.5) is 0 Å². The fourth-order valence-electron chi connectivity index (χ4n) is 2.24. The molecule has 0 spiro atoms. The molecule has 5 heteroatoms. The van der Waals surface area contributed by atoms with Crippen LogP contribution in [-0.2, 0) is 0 Å². The molecule has 0 amide bonds. The minimum absolute atomic E-state index is 0.415. The topological polar surface area (TPSA) is 42.2 Å². The van der Waals surface area contributed by atoms with Crippen LogP contribution < -0.4 is 5.32 Å². The normalized spacial score (nSPS) is 20.8. The number of fused-ring (bicyclic) bond motifs is 1. The molecule has 0 aromatic carbocycles. The summed E-state index contributed by atoms with van der Waals surface area (Å²) < 4.78 is 2.89. The van der Waals surface area contributed by atoms with Gasteiger partial charge in [0.1, 0.15) is 4.60 Å². The zero-order valence-electron chi connectivity index (χ0n) is 9.07. The van der Waals surface area contributed by atoms with Gasteiger partial charge in [0.05, 0.1) is 17.4 Å². The summed E-state index contributed by atoms with van der Waals surface area (Å²) in [4.78, 5) is 9.01. The number of hydrogen-bond acceptors (Lipinski definition) is 3. The van der Waals surface area contributed by atoms with Crippen molar-refractivity contribution in [1.82, 2.24) is 19.7 Å². The average molecular weight is 281 g/mol. The molecule has 1 aliphatic rings. The molecular formula is C11H13BrN4. The first-order chi connectivity index (χ1) is 7.74. The molecule has 4 nitrogen and oxygen atoms in total. The molecule has 1 fully saturated rings. The SMILES string of the molecule is Cc1nc(Br)cn2cc([C@H]3CCCN3)nc12. The second-order valence-electron chi connectivity index (χ2n) is 4.19. The molecule has 3 rings (SSSR count). The third-order valence-corrected chi connectivity index (χ3v) is 3.39. The lowest BCUT2D eigenvalue weighted by atomic mass is 10.2. The third-order valence-electron chi connectivity index (χ3n) is 3.01. The van der Waals surface area contributed by atoms with Gasteiger partial charge < -0.3 is 9.72 Å². The predicted octanol–water partition coefficient (Wildman–Crippen LogP) is 2.22. The number of hydrogen-bond donors (Lipinski definition) is 1. The van der Waals surface area contributed by atoms with E-state index < -0.39 is 0 Å². The highest BCUT2D eigenvalue weighted by Crippen LogP contribution is 2.23. The van der Waals surface area contributed by atoms with Crippen molar-refractivity contribution in [3.8, 4) is 0 Å². The van der Waals surface area contributed by atoms with Crippen LogP contribution in [0.15, 0.2) is 17.0 Å². The van der Waals surface area contributed by atoms with E-state index in [0.29, 0.717) is 6.04 Å². The molecule has 3 heterocycles. The van der Waals surface area contributed by atoms with E-state index in [1.165, 1.54) is 12.8 Å². The molecule has 0 saturated carbocycles. The minimum atomic E-state index is 0.415. The van der Waals surface area contributed by atoms with Crippen LogP contribution in [0, 0.1) is 6.92 Å². The molecule has 1 saturated heterocycles. The number of halogens is 1. The maximum atomic E-state index is 4.65. The van der Waals surface area contributed by atoms with Gasteiger partial charge in [0.15, 0.2) is 5.65 Å².